The Kier molecular flexibility index (Phi) is 3.08. The van der Waals surface area contributed by atoms with Gasteiger partial charge in [-0.1, -0.05) is 0 Å². The zero-order valence-electron chi connectivity index (χ0n) is 4.27. The summed E-state index contributed by atoms with van der Waals surface area (Å²) in [5, 5.41) is 0. The van der Waals surface area contributed by atoms with Crippen LogP contribution in [0.25, 0.3) is 0 Å². The van der Waals surface area contributed by atoms with E-state index in [1.807, 2.05) is 13.8 Å². The van der Waals surface area contributed by atoms with Crippen molar-refractivity contribution in [3.8, 4) is 0 Å². The standard InChI is InChI=1S/C4H11NO/c1-4(2)6-3-5/h4H,3,5H2,1-2H3. The summed E-state index contributed by atoms with van der Waals surface area (Å²) in [5.41, 5.74) is 5.01. The molecule has 2 heteroatoms. The number of hydrogen-bond acceptors (Lipinski definition) is 2. The molecule has 38 valence electrons. The smallest absolute Gasteiger partial charge is 0.0943 e. The van der Waals surface area contributed by atoms with E-state index in [1.165, 1.54) is 0 Å². The van der Waals surface area contributed by atoms with Crippen LogP contribution < -0.4 is 5.73 Å². The average molecular weight is 89.1 g/mol. The highest BCUT2D eigenvalue weighted by Crippen LogP contribution is 1.80. The maximum Gasteiger partial charge on any atom is 0.0943 e. The lowest BCUT2D eigenvalue weighted by atomic mass is 10.5. The van der Waals surface area contributed by atoms with Crippen molar-refractivity contribution in [3.05, 3.63) is 0 Å². The second-order valence-corrected chi connectivity index (χ2v) is 1.38. The van der Waals surface area contributed by atoms with Crippen molar-refractivity contribution in [2.24, 2.45) is 5.73 Å². The average Bonchev–Trinajstić information content (AvgIpc) is 1.35. The monoisotopic (exact) mass is 89.1 g/mol. The van der Waals surface area contributed by atoms with Gasteiger partial charge in [0, 0.05) is 0 Å². The van der Waals surface area contributed by atoms with Gasteiger partial charge in [0.25, 0.3) is 0 Å². The van der Waals surface area contributed by atoms with Crippen LogP contribution in [0.5, 0.6) is 0 Å². The van der Waals surface area contributed by atoms with Crippen molar-refractivity contribution in [1.82, 2.24) is 0 Å². The maximum absolute atomic E-state index is 5.01. The van der Waals surface area contributed by atoms with Crippen molar-refractivity contribution in [2.75, 3.05) is 6.73 Å². The second kappa shape index (κ2) is 3.12. The minimum absolute atomic E-state index is 0.273. The van der Waals surface area contributed by atoms with Crippen LogP contribution in [0.1, 0.15) is 13.8 Å². The Balaban J connectivity index is 2.63. The molecule has 6 heavy (non-hydrogen) atoms. The van der Waals surface area contributed by atoms with Gasteiger partial charge in [-0.05, 0) is 13.8 Å². The molecule has 0 fully saturated rings. The number of ether oxygens (including phenoxy) is 1. The quantitative estimate of drug-likeness (QED) is 0.495. The Morgan fingerprint density at radius 2 is 2.17 bits per heavy atom. The zero-order chi connectivity index (χ0) is 4.99. The molecule has 0 atom stereocenters. The largest absolute Gasteiger partial charge is 0.364 e. The molecule has 0 heterocycles. The summed E-state index contributed by atoms with van der Waals surface area (Å²) in [5.74, 6) is 0. The maximum atomic E-state index is 5.01. The third kappa shape index (κ3) is 3.92. The molecule has 0 bridgehead atoms. The van der Waals surface area contributed by atoms with Crippen molar-refractivity contribution < 1.29 is 4.74 Å². The van der Waals surface area contributed by atoms with Gasteiger partial charge in [-0.15, -0.1) is 0 Å². The molecule has 0 aromatic heterocycles. The lowest BCUT2D eigenvalue weighted by molar-refractivity contribution is 0.0843. The molecule has 0 aliphatic heterocycles. The highest BCUT2D eigenvalue weighted by Gasteiger charge is 1.83. The van der Waals surface area contributed by atoms with E-state index in [-0.39, 0.29) is 6.10 Å². The van der Waals surface area contributed by atoms with Gasteiger partial charge in [0.15, 0.2) is 0 Å². The van der Waals surface area contributed by atoms with Crippen molar-refractivity contribution in [3.63, 3.8) is 0 Å². The molecule has 0 aliphatic carbocycles. The van der Waals surface area contributed by atoms with Crippen LogP contribution in [-0.4, -0.2) is 12.8 Å². The molecule has 0 aromatic rings. The van der Waals surface area contributed by atoms with E-state index >= 15 is 0 Å². The Morgan fingerprint density at radius 3 is 2.17 bits per heavy atom. The molecule has 0 unspecified atom stereocenters. The van der Waals surface area contributed by atoms with Gasteiger partial charge in [-0.25, -0.2) is 0 Å². The first-order chi connectivity index (χ1) is 2.77. The molecule has 0 spiro atoms. The summed E-state index contributed by atoms with van der Waals surface area (Å²) in [6.07, 6.45) is 0.273. The van der Waals surface area contributed by atoms with Crippen LogP contribution in [-0.2, 0) is 4.74 Å². The topological polar surface area (TPSA) is 35.2 Å². The first-order valence-corrected chi connectivity index (χ1v) is 2.09. The second-order valence-electron chi connectivity index (χ2n) is 1.38. The summed E-state index contributed by atoms with van der Waals surface area (Å²) in [6, 6.07) is 0. The van der Waals surface area contributed by atoms with Gasteiger partial charge in [-0.3, -0.25) is 0 Å². The molecule has 0 radical (unpaired) electrons. The van der Waals surface area contributed by atoms with Gasteiger partial charge < -0.3 is 10.5 Å². The Labute approximate surface area is 38.3 Å². The molecule has 0 saturated carbocycles. The first-order valence-electron chi connectivity index (χ1n) is 2.09. The molecule has 0 aromatic carbocycles. The highest BCUT2D eigenvalue weighted by atomic mass is 16.5. The van der Waals surface area contributed by atoms with Gasteiger partial charge in [-0.2, -0.15) is 0 Å². The third-order valence-electron chi connectivity index (χ3n) is 0.430. The molecule has 0 amide bonds. The fraction of sp³-hybridized carbons (Fsp3) is 1.00. The number of hydrogen-bond donors (Lipinski definition) is 1. The first kappa shape index (κ1) is 5.92. The molecule has 0 saturated heterocycles. The van der Waals surface area contributed by atoms with Gasteiger partial charge >= 0.3 is 0 Å². The number of nitrogens with two attached hydrogens (primary N) is 1. The van der Waals surface area contributed by atoms with E-state index < -0.39 is 0 Å². The van der Waals surface area contributed by atoms with Crippen LogP contribution >= 0.6 is 0 Å². The van der Waals surface area contributed by atoms with Crippen LogP contribution in [0.15, 0.2) is 0 Å². The van der Waals surface area contributed by atoms with Gasteiger partial charge in [0.2, 0.25) is 0 Å². The SMILES string of the molecule is CC(C)OCN. The third-order valence-corrected chi connectivity index (χ3v) is 0.430. The van der Waals surface area contributed by atoms with Gasteiger partial charge in [0.1, 0.15) is 0 Å². The molecule has 0 rings (SSSR count). The van der Waals surface area contributed by atoms with E-state index in [2.05, 4.69) is 0 Å². The van der Waals surface area contributed by atoms with E-state index in [9.17, 15) is 0 Å². The normalized spacial score (nSPS) is 10.0. The fourth-order valence-electron chi connectivity index (χ4n) is 0.192. The van der Waals surface area contributed by atoms with Crippen molar-refractivity contribution >= 4 is 0 Å². The minimum atomic E-state index is 0.273. The summed E-state index contributed by atoms with van der Waals surface area (Å²) in [4.78, 5) is 0. The summed E-state index contributed by atoms with van der Waals surface area (Å²) >= 11 is 0. The molecule has 2 N–H and O–H groups in total. The summed E-state index contributed by atoms with van der Waals surface area (Å²) in [6.45, 7) is 4.23. The molecule has 2 nitrogen and oxygen atoms in total. The lowest BCUT2D eigenvalue weighted by Gasteiger charge is -2.00. The highest BCUT2D eigenvalue weighted by molar-refractivity contribution is 4.29. The lowest BCUT2D eigenvalue weighted by Crippen LogP contribution is -2.10. The van der Waals surface area contributed by atoms with E-state index in [0.29, 0.717) is 6.73 Å². The van der Waals surface area contributed by atoms with E-state index in [4.69, 9.17) is 10.5 Å². The van der Waals surface area contributed by atoms with Crippen LogP contribution in [0.2, 0.25) is 0 Å². The summed E-state index contributed by atoms with van der Waals surface area (Å²) in [7, 11) is 0. The minimum Gasteiger partial charge on any atom is -0.364 e. The Morgan fingerprint density at radius 1 is 1.67 bits per heavy atom. The van der Waals surface area contributed by atoms with Crippen LogP contribution in [0.3, 0.4) is 0 Å². The Hall–Kier alpha value is -0.0800. The predicted octanol–water partition coefficient (Wildman–Crippen LogP) is 0.328. The Bertz CT molecular complexity index is 28.7. The van der Waals surface area contributed by atoms with Crippen molar-refractivity contribution in [1.29, 1.82) is 0 Å². The fourth-order valence-corrected chi connectivity index (χ4v) is 0.192. The zero-order valence-corrected chi connectivity index (χ0v) is 4.27. The van der Waals surface area contributed by atoms with E-state index in [1.54, 1.807) is 0 Å². The van der Waals surface area contributed by atoms with Crippen molar-refractivity contribution in [2.45, 2.75) is 20.0 Å². The summed E-state index contributed by atoms with van der Waals surface area (Å²) < 4.78 is 4.82. The van der Waals surface area contributed by atoms with Crippen LogP contribution in [0, 0.1) is 0 Å². The molecule has 0 aliphatic rings. The number of rotatable bonds is 2. The van der Waals surface area contributed by atoms with Crippen LogP contribution in [0.4, 0.5) is 0 Å². The molecular weight excluding hydrogens is 78.1 g/mol. The molecular formula is C4H11NO. The van der Waals surface area contributed by atoms with Gasteiger partial charge in [0.05, 0.1) is 12.8 Å². The van der Waals surface area contributed by atoms with E-state index in [0.717, 1.165) is 0 Å². The predicted molar refractivity (Wildman–Crippen MR) is 25.3 cm³/mol.